The van der Waals surface area contributed by atoms with Gasteiger partial charge in [0.25, 0.3) is 0 Å². The summed E-state index contributed by atoms with van der Waals surface area (Å²) in [6.07, 6.45) is 4.87. The molecule has 1 aromatic carbocycles. The lowest BCUT2D eigenvalue weighted by atomic mass is 10.1. The van der Waals surface area contributed by atoms with E-state index in [9.17, 15) is 4.79 Å². The molecular weight excluding hydrogens is 266 g/mol. The molecule has 0 bridgehead atoms. The second-order valence-corrected chi connectivity index (χ2v) is 5.53. The smallest absolute Gasteiger partial charge is 0.223 e. The Morgan fingerprint density at radius 1 is 1.29 bits per heavy atom. The van der Waals surface area contributed by atoms with E-state index in [1.165, 1.54) is 0 Å². The zero-order chi connectivity index (χ0) is 15.2. The normalized spacial score (nSPS) is 13.9. The van der Waals surface area contributed by atoms with Crippen LogP contribution in [-0.4, -0.2) is 31.1 Å². The number of amides is 1. The molecule has 1 aliphatic carbocycles. The molecule has 0 radical (unpaired) electrons. The maximum absolute atomic E-state index is 12.4. The van der Waals surface area contributed by atoms with E-state index >= 15 is 0 Å². The van der Waals surface area contributed by atoms with Crippen molar-refractivity contribution in [2.45, 2.75) is 51.6 Å². The number of unbranched alkanes of at least 4 members (excludes halogenated alkanes) is 1. The summed E-state index contributed by atoms with van der Waals surface area (Å²) >= 11 is 0. The summed E-state index contributed by atoms with van der Waals surface area (Å²) in [5.74, 6) is 1.86. The number of rotatable bonds is 8. The van der Waals surface area contributed by atoms with Gasteiger partial charge in [-0.1, -0.05) is 13.3 Å². The van der Waals surface area contributed by atoms with E-state index in [1.54, 1.807) is 14.2 Å². The molecule has 0 atom stereocenters. The maximum atomic E-state index is 12.4. The van der Waals surface area contributed by atoms with E-state index in [0.717, 1.165) is 42.7 Å². The largest absolute Gasteiger partial charge is 0.497 e. The predicted molar refractivity (Wildman–Crippen MR) is 82.6 cm³/mol. The fraction of sp³-hybridized carbons (Fsp3) is 0.588. The van der Waals surface area contributed by atoms with Gasteiger partial charge in [0.2, 0.25) is 5.91 Å². The molecule has 4 nitrogen and oxygen atoms in total. The van der Waals surface area contributed by atoms with Crippen LogP contribution in [0.4, 0.5) is 0 Å². The first-order valence-corrected chi connectivity index (χ1v) is 7.70. The highest BCUT2D eigenvalue weighted by Crippen LogP contribution is 2.32. The van der Waals surface area contributed by atoms with Crippen LogP contribution in [0.15, 0.2) is 18.2 Å². The SMILES string of the molecule is CCCCC(=O)N(Cc1cc(OC)ccc1OC)C1CC1. The van der Waals surface area contributed by atoms with Gasteiger partial charge >= 0.3 is 0 Å². The molecule has 2 rings (SSSR count). The average molecular weight is 291 g/mol. The van der Waals surface area contributed by atoms with Crippen molar-refractivity contribution >= 4 is 5.91 Å². The summed E-state index contributed by atoms with van der Waals surface area (Å²) in [5, 5.41) is 0. The lowest BCUT2D eigenvalue weighted by molar-refractivity contribution is -0.132. The molecule has 1 aliphatic rings. The molecule has 0 unspecified atom stereocenters. The number of carbonyl (C=O) groups excluding carboxylic acids is 1. The molecule has 0 heterocycles. The summed E-state index contributed by atoms with van der Waals surface area (Å²) < 4.78 is 10.7. The lowest BCUT2D eigenvalue weighted by Crippen LogP contribution is -2.32. The Kier molecular flexibility index (Phi) is 5.48. The first-order chi connectivity index (χ1) is 10.2. The molecule has 0 aromatic heterocycles. The van der Waals surface area contributed by atoms with Crippen molar-refractivity contribution in [1.82, 2.24) is 4.90 Å². The van der Waals surface area contributed by atoms with E-state index < -0.39 is 0 Å². The number of methoxy groups -OCH3 is 2. The number of hydrogen-bond donors (Lipinski definition) is 0. The molecular formula is C17H25NO3. The van der Waals surface area contributed by atoms with E-state index in [0.29, 0.717) is 19.0 Å². The zero-order valence-corrected chi connectivity index (χ0v) is 13.2. The van der Waals surface area contributed by atoms with Crippen LogP contribution in [0.5, 0.6) is 11.5 Å². The third-order valence-corrected chi connectivity index (χ3v) is 3.88. The van der Waals surface area contributed by atoms with Crippen molar-refractivity contribution < 1.29 is 14.3 Å². The third-order valence-electron chi connectivity index (χ3n) is 3.88. The molecule has 0 spiro atoms. The number of benzene rings is 1. The van der Waals surface area contributed by atoms with E-state index in [2.05, 4.69) is 6.92 Å². The Balaban J connectivity index is 2.14. The van der Waals surface area contributed by atoms with Crippen LogP contribution in [0.2, 0.25) is 0 Å². The minimum absolute atomic E-state index is 0.254. The van der Waals surface area contributed by atoms with Crippen molar-refractivity contribution in [2.24, 2.45) is 0 Å². The van der Waals surface area contributed by atoms with Crippen LogP contribution in [0.1, 0.15) is 44.6 Å². The van der Waals surface area contributed by atoms with E-state index in [4.69, 9.17) is 9.47 Å². The highest BCUT2D eigenvalue weighted by Gasteiger charge is 2.32. The second kappa shape index (κ2) is 7.34. The minimum Gasteiger partial charge on any atom is -0.497 e. The summed E-state index contributed by atoms with van der Waals surface area (Å²) in [6.45, 7) is 2.72. The van der Waals surface area contributed by atoms with E-state index in [1.807, 2.05) is 23.1 Å². The lowest BCUT2D eigenvalue weighted by Gasteiger charge is -2.24. The second-order valence-electron chi connectivity index (χ2n) is 5.53. The molecule has 0 aliphatic heterocycles. The van der Waals surface area contributed by atoms with Crippen molar-refractivity contribution in [3.63, 3.8) is 0 Å². The molecule has 21 heavy (non-hydrogen) atoms. The fourth-order valence-electron chi connectivity index (χ4n) is 2.47. The van der Waals surface area contributed by atoms with Gasteiger partial charge in [-0.2, -0.15) is 0 Å². The Hall–Kier alpha value is -1.71. The summed E-state index contributed by atoms with van der Waals surface area (Å²) in [7, 11) is 3.31. The molecule has 116 valence electrons. The molecule has 0 N–H and O–H groups in total. The molecule has 1 saturated carbocycles. The van der Waals surface area contributed by atoms with Gasteiger partial charge in [-0.05, 0) is 37.5 Å². The number of carbonyl (C=O) groups is 1. The van der Waals surface area contributed by atoms with Crippen LogP contribution < -0.4 is 9.47 Å². The van der Waals surface area contributed by atoms with Crippen LogP contribution in [-0.2, 0) is 11.3 Å². The monoisotopic (exact) mass is 291 g/mol. The Morgan fingerprint density at radius 3 is 2.62 bits per heavy atom. The van der Waals surface area contributed by atoms with Crippen LogP contribution in [0.25, 0.3) is 0 Å². The summed E-state index contributed by atoms with van der Waals surface area (Å²) in [4.78, 5) is 14.4. The van der Waals surface area contributed by atoms with Crippen LogP contribution >= 0.6 is 0 Å². The van der Waals surface area contributed by atoms with Crippen molar-refractivity contribution in [3.05, 3.63) is 23.8 Å². The quantitative estimate of drug-likeness (QED) is 0.737. The van der Waals surface area contributed by atoms with Gasteiger partial charge in [0.05, 0.1) is 14.2 Å². The highest BCUT2D eigenvalue weighted by molar-refractivity contribution is 5.77. The molecule has 0 saturated heterocycles. The van der Waals surface area contributed by atoms with Gasteiger partial charge in [-0.15, -0.1) is 0 Å². The van der Waals surface area contributed by atoms with Gasteiger partial charge in [-0.3, -0.25) is 4.79 Å². The number of hydrogen-bond acceptors (Lipinski definition) is 3. The Bertz CT molecular complexity index is 483. The molecule has 1 fully saturated rings. The molecule has 1 aromatic rings. The standard InChI is InChI=1S/C17H25NO3/c1-4-5-6-17(19)18(14-7-8-14)12-13-11-15(20-2)9-10-16(13)21-3/h9-11,14H,4-8,12H2,1-3H3. The van der Waals surface area contributed by atoms with Gasteiger partial charge < -0.3 is 14.4 Å². The van der Waals surface area contributed by atoms with Crippen LogP contribution in [0.3, 0.4) is 0 Å². The Labute approximate surface area is 127 Å². The molecule has 4 heteroatoms. The number of nitrogens with zero attached hydrogens (tertiary/aromatic N) is 1. The third kappa shape index (κ3) is 4.13. The van der Waals surface area contributed by atoms with E-state index in [-0.39, 0.29) is 5.91 Å². The minimum atomic E-state index is 0.254. The van der Waals surface area contributed by atoms with Gasteiger partial charge in [0.1, 0.15) is 11.5 Å². The predicted octanol–water partition coefficient (Wildman–Crippen LogP) is 3.39. The molecule has 1 amide bonds. The van der Waals surface area contributed by atoms with Crippen LogP contribution in [0, 0.1) is 0 Å². The van der Waals surface area contributed by atoms with Crippen molar-refractivity contribution in [2.75, 3.05) is 14.2 Å². The van der Waals surface area contributed by atoms with Gasteiger partial charge in [0, 0.05) is 24.6 Å². The van der Waals surface area contributed by atoms with Crippen molar-refractivity contribution in [1.29, 1.82) is 0 Å². The van der Waals surface area contributed by atoms with Crippen molar-refractivity contribution in [3.8, 4) is 11.5 Å². The average Bonchev–Trinajstić information content (AvgIpc) is 3.34. The first-order valence-electron chi connectivity index (χ1n) is 7.70. The summed E-state index contributed by atoms with van der Waals surface area (Å²) in [5.41, 5.74) is 1.01. The number of ether oxygens (including phenoxy) is 2. The summed E-state index contributed by atoms with van der Waals surface area (Å²) in [6, 6.07) is 6.14. The Morgan fingerprint density at radius 2 is 2.05 bits per heavy atom. The fourth-order valence-corrected chi connectivity index (χ4v) is 2.47. The topological polar surface area (TPSA) is 38.8 Å². The van der Waals surface area contributed by atoms with Gasteiger partial charge in [0.15, 0.2) is 0 Å². The first kappa shape index (κ1) is 15.7. The zero-order valence-electron chi connectivity index (χ0n) is 13.2. The highest BCUT2D eigenvalue weighted by atomic mass is 16.5. The van der Waals surface area contributed by atoms with Gasteiger partial charge in [-0.25, -0.2) is 0 Å². The maximum Gasteiger partial charge on any atom is 0.223 e.